The van der Waals surface area contributed by atoms with E-state index in [0.29, 0.717) is 64.5 Å². The van der Waals surface area contributed by atoms with Crippen molar-refractivity contribution in [2.45, 2.75) is 154 Å². The van der Waals surface area contributed by atoms with Gasteiger partial charge in [-0.25, -0.2) is 37.7 Å². The molecule has 3 aliphatic rings. The summed E-state index contributed by atoms with van der Waals surface area (Å²) in [6.45, 7) is 32.0. The number of nitrogens with two attached hydrogens (primary N) is 3. The minimum atomic E-state index is -3.22. The fourth-order valence-corrected chi connectivity index (χ4v) is 12.6. The lowest BCUT2D eigenvalue weighted by molar-refractivity contribution is -0.385. The van der Waals surface area contributed by atoms with Crippen molar-refractivity contribution in [1.82, 2.24) is 59.3 Å². The molecule has 0 aliphatic heterocycles. The van der Waals surface area contributed by atoms with Crippen molar-refractivity contribution in [2.24, 2.45) is 29.2 Å². The van der Waals surface area contributed by atoms with Gasteiger partial charge in [0.1, 0.15) is 42.2 Å². The molecule has 0 radical (unpaired) electrons. The zero-order chi connectivity index (χ0) is 102. The molecule has 60 heteroatoms. The lowest BCUT2D eigenvalue weighted by atomic mass is 9.85. The Balaban J connectivity index is 0.00000153. The molecular weight excluding hydrogens is 2010 g/mol. The number of anilines is 2. The second kappa shape index (κ2) is 61.6. The second-order valence-electron chi connectivity index (χ2n) is 28.3. The number of nitrogens with zero attached hydrogens (tertiary/aromatic N) is 18. The Morgan fingerprint density at radius 2 is 1.04 bits per heavy atom. The fraction of sp³-hybridized carbons (Fsp3) is 0.385. The Bertz CT molecular complexity index is 6140. The highest BCUT2D eigenvalue weighted by atomic mass is 36.0. The zero-order valence-corrected chi connectivity index (χ0v) is 80.4. The number of fused-ring (bicyclic) bond motifs is 4. The first kappa shape index (κ1) is 125. The van der Waals surface area contributed by atoms with Crippen LogP contribution in [0.15, 0.2) is 128 Å². The van der Waals surface area contributed by atoms with Gasteiger partial charge >= 0.3 is 17.1 Å². The number of esters is 2. The Morgan fingerprint density at radius 1 is 0.638 bits per heavy atom. The number of ether oxygens (including phenoxy) is 3. The maximum Gasteiger partial charge on any atom is 0.356 e. The molecule has 11 heterocycles. The predicted molar refractivity (Wildman–Crippen MR) is 519 cm³/mol. The average molecular weight is 2110 g/mol. The van der Waals surface area contributed by atoms with Gasteiger partial charge < -0.3 is 73.6 Å². The summed E-state index contributed by atoms with van der Waals surface area (Å²) in [5.74, 6) is 5.09. The van der Waals surface area contributed by atoms with E-state index in [1.807, 2.05) is 44.4 Å². The van der Waals surface area contributed by atoms with Crippen LogP contribution in [0.4, 0.5) is 62.6 Å². The molecule has 3 aliphatic carbocycles. The minimum Gasteiger partial charge on any atom is -0.464 e. The molecule has 3 saturated carbocycles. The van der Waals surface area contributed by atoms with Gasteiger partial charge in [0.15, 0.2) is 5.69 Å². The van der Waals surface area contributed by atoms with Crippen molar-refractivity contribution in [3.05, 3.63) is 250 Å². The first-order valence-electron chi connectivity index (χ1n) is 39.2. The number of methoxy groups -OCH3 is 2. The van der Waals surface area contributed by atoms with Crippen LogP contribution < -0.4 is 39.5 Å². The monoisotopic (exact) mass is 2110 g/mol. The number of rotatable bonds is 16. The van der Waals surface area contributed by atoms with Gasteiger partial charge in [-0.05, 0) is 128 Å². The maximum absolute atomic E-state index is 11.7. The van der Waals surface area contributed by atoms with Gasteiger partial charge in [0, 0.05) is 73.7 Å². The van der Waals surface area contributed by atoms with E-state index >= 15 is 0 Å². The summed E-state index contributed by atoms with van der Waals surface area (Å²) in [6.07, 6.45) is 31.3. The third-order valence-electron chi connectivity index (χ3n) is 19.2. The number of nitro groups is 6. The van der Waals surface area contributed by atoms with E-state index in [-0.39, 0.29) is 110 Å². The number of hydrogen-bond acceptors (Lipinski definition) is 32. The third kappa shape index (κ3) is 40.5. The van der Waals surface area contributed by atoms with Crippen molar-refractivity contribution in [3.8, 4) is 6.07 Å². The highest BCUT2D eigenvalue weighted by Crippen LogP contribution is 2.61. The van der Waals surface area contributed by atoms with E-state index < -0.39 is 67.0 Å². The van der Waals surface area contributed by atoms with Crippen LogP contribution in [0.25, 0.3) is 36.6 Å². The smallest absolute Gasteiger partial charge is 0.356 e. The number of aromatic nitrogens is 11. The summed E-state index contributed by atoms with van der Waals surface area (Å²) in [4.78, 5) is 130. The summed E-state index contributed by atoms with van der Waals surface area (Å²) in [5, 5.41) is 101. The fourth-order valence-electron chi connectivity index (χ4n) is 12.3. The number of carbonyl (C=O) groups excluding carboxylic acids is 4. The molecule has 51 nitrogen and oxygen atoms in total. The van der Waals surface area contributed by atoms with Crippen LogP contribution in [0.5, 0.6) is 0 Å². The van der Waals surface area contributed by atoms with E-state index in [1.165, 1.54) is 139 Å². The molecule has 1 amide bonds. The number of H-pyrrole nitrogens is 3. The summed E-state index contributed by atoms with van der Waals surface area (Å²) in [7, 11) is 2.37. The topological polar surface area (TPSA) is 744 Å². The lowest BCUT2D eigenvalue weighted by Crippen LogP contribution is -2.31. The molecule has 138 heavy (non-hydrogen) atoms. The molecule has 7 unspecified atom stereocenters. The Labute approximate surface area is 823 Å². The van der Waals surface area contributed by atoms with Crippen molar-refractivity contribution >= 4 is 205 Å². The summed E-state index contributed by atoms with van der Waals surface area (Å²) < 4.78 is 27.5. The van der Waals surface area contributed by atoms with Gasteiger partial charge in [-0.1, -0.05) is 113 Å². The van der Waals surface area contributed by atoms with Gasteiger partial charge in [-0.3, -0.25) is 94.5 Å². The molecule has 11 aromatic heterocycles. The van der Waals surface area contributed by atoms with E-state index in [9.17, 15) is 89.2 Å². The average Bonchev–Trinajstić information content (AvgIpc) is 1.62. The highest BCUT2D eigenvalue weighted by molar-refractivity contribution is 8.24. The molecule has 0 saturated heterocycles. The van der Waals surface area contributed by atoms with E-state index in [1.54, 1.807) is 0 Å². The lowest BCUT2D eigenvalue weighted by Gasteiger charge is -2.31. The number of primary amides is 1. The number of amides is 1. The van der Waals surface area contributed by atoms with Crippen LogP contribution in [0.2, 0.25) is 5.02 Å². The van der Waals surface area contributed by atoms with Gasteiger partial charge in [0.05, 0.1) is 151 Å². The molecule has 0 spiro atoms. The number of halogens is 8. The quantitative estimate of drug-likeness (QED) is 0.00492. The predicted octanol–water partition coefficient (Wildman–Crippen LogP) is 19.0. The first-order valence-corrected chi connectivity index (χ1v) is 45.5. The van der Waals surface area contributed by atoms with Crippen LogP contribution in [-0.4, -0.2) is 171 Å². The number of aromatic amines is 3. The van der Waals surface area contributed by atoms with Gasteiger partial charge in [-0.15, -0.1) is 0 Å². The maximum atomic E-state index is 11.7. The zero-order valence-electron chi connectivity index (χ0n) is 73.4. The molecule has 7 atom stereocenters. The number of hydrogen-bond donors (Lipinski definition) is 11. The Morgan fingerprint density at radius 3 is 1.41 bits per heavy atom. The summed E-state index contributed by atoms with van der Waals surface area (Å²) in [6, 6.07) is 14.4. The first-order chi connectivity index (χ1) is 63.6. The van der Waals surface area contributed by atoms with Crippen LogP contribution in [0, 0.1) is 109 Å². The van der Waals surface area contributed by atoms with E-state index in [0.717, 1.165) is 79.7 Å². The molecule has 0 aromatic carbocycles. The van der Waals surface area contributed by atoms with Gasteiger partial charge in [0.25, 0.3) is 54.8 Å². The van der Waals surface area contributed by atoms with Crippen molar-refractivity contribution in [2.75, 3.05) is 37.3 Å². The SMILES string of the molecule is C.CC1CCCCC1N.CC1CCCCC1Nc1c(C(N)=O)cnn2cc([N+](=O)[O-])cc12.CCOC(C)CC#N.COC(=O)c1cc([N+](=O)[O-])c[nH]1.COC(=O)c1cc([N+](=O)[O-])cn1N.N.O.O=C(Cl)C(Cl)(Cl)Cl.O=P(Cl)(Cl)Cl.OO.[C-]#[N+]c1c[nH]n2cc([N+](=O)[O-])cc2c1=O.[C-]#[N+]c1cnn2cc([N+](=O)[O-])cc2c1Cl.[C-]#[N+]c1cnn2cc([N+](=O)[O-])cc2c1NC1CCCCC1C.c1cc[nH]c1. The number of nitrogen functional groups attached to an aromatic ring is 1. The van der Waals surface area contributed by atoms with Crippen LogP contribution in [0.3, 0.4) is 0 Å². The Kier molecular flexibility index (Phi) is 55.6. The van der Waals surface area contributed by atoms with Gasteiger partial charge in [0.2, 0.25) is 16.8 Å². The largest absolute Gasteiger partial charge is 0.464 e. The molecule has 18 N–H and O–H groups in total. The normalized spacial score (nSPS) is 15.3. The van der Waals surface area contributed by atoms with Crippen molar-refractivity contribution in [1.29, 1.82) is 5.26 Å². The molecule has 0 bridgehead atoms. The van der Waals surface area contributed by atoms with E-state index in [2.05, 4.69) is 119 Å². The van der Waals surface area contributed by atoms with Crippen LogP contribution in [-0.2, 0) is 23.6 Å². The number of nitriles is 1. The third-order valence-corrected chi connectivity index (χ3v) is 20.7. The molecule has 750 valence electrons. The van der Waals surface area contributed by atoms with Crippen molar-refractivity contribution in [3.63, 3.8) is 0 Å². The molecule has 11 aromatic rings. The standard InChI is InChI=1S/C15H19N5O3.C15H17N5O2.C8H3ClN4O2.C8H4N4O3.C7H15N.C6H7N3O4.C6H6N2O4.C6H11NO.C4H5N.C2Cl4O.CH4.Cl3OP.H3N.H2O2.H2O/c1-9-4-2-3-5-12(9)18-14-11(15(16)21)7-17-19-8-10(20(22)23)6-13(14)19;1-10-5-3-4-6-12(10)18-15-13(16-2)8-17-19-9-11(20(21)22)7-14(15)19;1-10-6-3-11-12-4-5(13(14)15)2-7(12)8(6)9;1-9-6-3-10-11-4-5(12(14)15)2-7(11)8(6)13;1-6-4-2-3-5-7(6)8;1-13-6(10)5-2-4(9(11)12)3-8(5)7;1-12-6(9)5-2-4(3-7-5)8(10)11;1-3-8-6(2)4-5-7;1-2-4-5-3-1;3-1(7)2(4,5)6;;1-5(2,3)4;;1-2;/h6-9,12,18H,2-5H2,1H3,(H2,16,21);7-10,12,18H,3-6H2,1H3;2-4H;2-4,10H;6-7H,2-5,8H2,1H3;2-3H,7H2,1H3;2-3,7H,1H3;6H,3-4H2,1-2H3;1-5H;;1H4;;1H3;1-2H;1H2. The number of nitrogens with one attached hydrogen (secondary N) is 5. The number of alkyl halides is 3. The van der Waals surface area contributed by atoms with Crippen molar-refractivity contribution < 1.29 is 83.5 Å². The van der Waals surface area contributed by atoms with Crippen LogP contribution >= 0.6 is 96.9 Å². The molecular formula is C78H98Cl8N27O24P. The Hall–Kier alpha value is -13.5. The minimum absolute atomic E-state index is 0. The van der Waals surface area contributed by atoms with Gasteiger partial charge in [-0.2, -0.15) is 20.6 Å². The van der Waals surface area contributed by atoms with Crippen LogP contribution in [0.1, 0.15) is 157 Å². The van der Waals surface area contributed by atoms with E-state index in [4.69, 9.17) is 116 Å². The summed E-state index contributed by atoms with van der Waals surface area (Å²) >= 11 is 39.2. The molecule has 3 fully saturated rings. The summed E-state index contributed by atoms with van der Waals surface area (Å²) in [5.41, 5.74) is 13.4. The highest BCUT2D eigenvalue weighted by Gasteiger charge is 2.30. The second-order valence-corrected chi connectivity index (χ2v) is 38.0. The molecule has 14 rings (SSSR count). The number of carbonyl (C=O) groups is 4.